The van der Waals surface area contributed by atoms with Crippen LogP contribution in [0.25, 0.3) is 20.7 Å². The van der Waals surface area contributed by atoms with E-state index in [-0.39, 0.29) is 17.7 Å². The van der Waals surface area contributed by atoms with Crippen LogP contribution in [0.1, 0.15) is 10.4 Å². The molecule has 1 N–H and O–H groups in total. The Labute approximate surface area is 173 Å². The van der Waals surface area contributed by atoms with Gasteiger partial charge in [0.2, 0.25) is 5.91 Å². The number of nitrogens with zero attached hydrogens (tertiary/aromatic N) is 2. The summed E-state index contributed by atoms with van der Waals surface area (Å²) in [4.78, 5) is 43.3. The number of ether oxygens (including phenoxy) is 1. The van der Waals surface area contributed by atoms with Gasteiger partial charge in [0.05, 0.1) is 30.1 Å². The maximum atomic E-state index is 13.0. The molecular weight excluding hydrogens is 410 g/mol. The number of rotatable bonds is 5. The van der Waals surface area contributed by atoms with Gasteiger partial charge in [-0.15, -0.1) is 22.7 Å². The summed E-state index contributed by atoms with van der Waals surface area (Å²) in [5.41, 5.74) is 1.10. The van der Waals surface area contributed by atoms with Crippen molar-refractivity contribution in [3.05, 3.63) is 69.4 Å². The molecule has 0 spiro atoms. The second-order valence-corrected chi connectivity index (χ2v) is 7.88. The van der Waals surface area contributed by atoms with Gasteiger partial charge in [-0.25, -0.2) is 9.78 Å². The zero-order valence-electron chi connectivity index (χ0n) is 15.2. The highest BCUT2D eigenvalue weighted by molar-refractivity contribution is 7.18. The number of hydrogen-bond acceptors (Lipinski definition) is 7. The van der Waals surface area contributed by atoms with Crippen LogP contribution in [0.15, 0.2) is 58.3 Å². The maximum Gasteiger partial charge on any atom is 0.339 e. The normalized spacial score (nSPS) is 10.8. The molecule has 0 atom stereocenters. The number of benzene rings is 1. The van der Waals surface area contributed by atoms with Gasteiger partial charge in [0.15, 0.2) is 0 Å². The molecule has 0 saturated heterocycles. The molecule has 1 amide bonds. The number of para-hydroxylation sites is 1. The van der Waals surface area contributed by atoms with Crippen LogP contribution in [0.4, 0.5) is 5.69 Å². The van der Waals surface area contributed by atoms with Crippen molar-refractivity contribution in [2.75, 3.05) is 12.4 Å². The van der Waals surface area contributed by atoms with Crippen LogP contribution < -0.4 is 10.9 Å². The fourth-order valence-corrected chi connectivity index (χ4v) is 4.64. The Morgan fingerprint density at radius 3 is 2.76 bits per heavy atom. The number of nitrogens with one attached hydrogen (secondary N) is 1. The van der Waals surface area contributed by atoms with Gasteiger partial charge in [0.1, 0.15) is 11.4 Å². The van der Waals surface area contributed by atoms with Gasteiger partial charge in [-0.3, -0.25) is 14.2 Å². The highest BCUT2D eigenvalue weighted by Gasteiger charge is 2.17. The number of methoxy groups -OCH3 is 1. The van der Waals surface area contributed by atoms with E-state index >= 15 is 0 Å². The molecule has 4 aromatic rings. The van der Waals surface area contributed by atoms with E-state index in [0.717, 1.165) is 10.4 Å². The maximum absolute atomic E-state index is 13.0. The summed E-state index contributed by atoms with van der Waals surface area (Å²) in [7, 11) is 1.27. The Morgan fingerprint density at radius 1 is 1.17 bits per heavy atom. The minimum atomic E-state index is -0.556. The summed E-state index contributed by atoms with van der Waals surface area (Å²) < 4.78 is 6.00. The van der Waals surface area contributed by atoms with E-state index < -0.39 is 11.9 Å². The van der Waals surface area contributed by atoms with E-state index in [2.05, 4.69) is 10.3 Å². The monoisotopic (exact) mass is 425 g/mol. The molecule has 1 aromatic carbocycles. The van der Waals surface area contributed by atoms with Gasteiger partial charge >= 0.3 is 5.97 Å². The van der Waals surface area contributed by atoms with Gasteiger partial charge in [-0.1, -0.05) is 18.2 Å². The molecule has 7 nitrogen and oxygen atoms in total. The Bertz CT molecular complexity index is 1260. The second kappa shape index (κ2) is 7.98. The summed E-state index contributed by atoms with van der Waals surface area (Å²) >= 11 is 2.93. The lowest BCUT2D eigenvalue weighted by Gasteiger charge is -2.10. The van der Waals surface area contributed by atoms with E-state index in [1.165, 1.54) is 40.7 Å². The van der Waals surface area contributed by atoms with Crippen molar-refractivity contribution in [2.45, 2.75) is 6.54 Å². The average molecular weight is 425 g/mol. The second-order valence-electron chi connectivity index (χ2n) is 6.07. The van der Waals surface area contributed by atoms with Crippen molar-refractivity contribution < 1.29 is 14.3 Å². The third kappa shape index (κ3) is 3.69. The molecule has 0 radical (unpaired) electrons. The first-order valence-corrected chi connectivity index (χ1v) is 10.3. The van der Waals surface area contributed by atoms with Crippen molar-refractivity contribution >= 4 is 50.5 Å². The molecule has 4 rings (SSSR count). The molecule has 0 unspecified atom stereocenters. The Balaban J connectivity index is 1.63. The van der Waals surface area contributed by atoms with Gasteiger partial charge in [0.25, 0.3) is 5.56 Å². The van der Waals surface area contributed by atoms with E-state index in [0.29, 0.717) is 15.9 Å². The Morgan fingerprint density at radius 2 is 2.00 bits per heavy atom. The fraction of sp³-hybridized carbons (Fsp3) is 0.100. The SMILES string of the molecule is COC(=O)c1ccccc1NC(=O)Cn1cnc2scc(-c3cccs3)c2c1=O. The molecule has 0 aliphatic rings. The van der Waals surface area contributed by atoms with Crippen LogP contribution >= 0.6 is 22.7 Å². The lowest BCUT2D eigenvalue weighted by Crippen LogP contribution is -2.28. The number of amides is 1. The first kappa shape index (κ1) is 19.0. The lowest BCUT2D eigenvalue weighted by atomic mass is 10.2. The first-order chi connectivity index (χ1) is 14.1. The van der Waals surface area contributed by atoms with E-state index in [4.69, 9.17) is 4.74 Å². The van der Waals surface area contributed by atoms with Crippen LogP contribution in [-0.4, -0.2) is 28.5 Å². The number of fused-ring (bicyclic) bond motifs is 1. The van der Waals surface area contributed by atoms with Crippen molar-refractivity contribution in [3.63, 3.8) is 0 Å². The van der Waals surface area contributed by atoms with Gasteiger partial charge in [0, 0.05) is 15.8 Å². The van der Waals surface area contributed by atoms with Crippen molar-refractivity contribution in [1.29, 1.82) is 0 Å². The van der Waals surface area contributed by atoms with Crippen molar-refractivity contribution in [3.8, 4) is 10.4 Å². The smallest absolute Gasteiger partial charge is 0.339 e. The van der Waals surface area contributed by atoms with Crippen molar-refractivity contribution in [2.24, 2.45) is 0 Å². The van der Waals surface area contributed by atoms with Gasteiger partial charge in [-0.05, 0) is 23.6 Å². The topological polar surface area (TPSA) is 90.3 Å². The minimum Gasteiger partial charge on any atom is -0.465 e. The van der Waals surface area contributed by atoms with Crippen LogP contribution in [-0.2, 0) is 16.1 Å². The molecule has 3 heterocycles. The number of carbonyl (C=O) groups excluding carboxylic acids is 2. The number of thiophene rings is 2. The summed E-state index contributed by atoms with van der Waals surface area (Å²) in [5.74, 6) is -1.00. The molecular formula is C20H15N3O4S2. The Hall–Kier alpha value is -3.30. The van der Waals surface area contributed by atoms with Crippen LogP contribution in [0.5, 0.6) is 0 Å². The molecule has 0 aliphatic carbocycles. The van der Waals surface area contributed by atoms with Crippen LogP contribution in [0, 0.1) is 0 Å². The molecule has 0 bridgehead atoms. The number of esters is 1. The standard InChI is InChI=1S/C20H15N3O4S2/c1-27-20(26)12-5-2-3-6-14(12)22-16(24)9-23-11-21-18-17(19(23)25)13(10-29-18)15-7-4-8-28-15/h2-8,10-11H,9H2,1H3,(H,22,24). The molecule has 0 aliphatic heterocycles. The first-order valence-electron chi connectivity index (χ1n) is 8.56. The molecule has 9 heteroatoms. The van der Waals surface area contributed by atoms with Gasteiger partial charge in [-0.2, -0.15) is 0 Å². The Kier molecular flexibility index (Phi) is 5.24. The number of aromatic nitrogens is 2. The van der Waals surface area contributed by atoms with Crippen LogP contribution in [0.3, 0.4) is 0 Å². The summed E-state index contributed by atoms with van der Waals surface area (Å²) in [6, 6.07) is 10.4. The molecule has 146 valence electrons. The summed E-state index contributed by atoms with van der Waals surface area (Å²) in [6.45, 7) is -0.225. The van der Waals surface area contributed by atoms with E-state index in [1.807, 2.05) is 22.9 Å². The molecule has 0 fully saturated rings. The fourth-order valence-electron chi connectivity index (χ4n) is 2.92. The minimum absolute atomic E-state index is 0.225. The highest BCUT2D eigenvalue weighted by atomic mass is 32.1. The third-order valence-corrected chi connectivity index (χ3v) is 6.06. The molecule has 29 heavy (non-hydrogen) atoms. The average Bonchev–Trinajstić information content (AvgIpc) is 3.39. The third-order valence-electron chi connectivity index (χ3n) is 4.27. The summed E-state index contributed by atoms with van der Waals surface area (Å²) in [5, 5.41) is 7.01. The number of hydrogen-bond donors (Lipinski definition) is 1. The lowest BCUT2D eigenvalue weighted by molar-refractivity contribution is -0.116. The zero-order valence-corrected chi connectivity index (χ0v) is 16.9. The van der Waals surface area contributed by atoms with Crippen molar-refractivity contribution in [1.82, 2.24) is 9.55 Å². The van der Waals surface area contributed by atoms with E-state index in [9.17, 15) is 14.4 Å². The quantitative estimate of drug-likeness (QED) is 0.493. The molecule has 0 saturated carbocycles. The predicted octanol–water partition coefficient (Wildman–Crippen LogP) is 3.61. The van der Waals surface area contributed by atoms with Crippen LogP contribution in [0.2, 0.25) is 0 Å². The predicted molar refractivity (Wildman–Crippen MR) is 114 cm³/mol. The number of carbonyl (C=O) groups is 2. The largest absolute Gasteiger partial charge is 0.465 e. The van der Waals surface area contributed by atoms with Gasteiger partial charge < -0.3 is 10.1 Å². The molecule has 3 aromatic heterocycles. The number of anilines is 1. The highest BCUT2D eigenvalue weighted by Crippen LogP contribution is 2.33. The summed E-state index contributed by atoms with van der Waals surface area (Å²) in [6.07, 6.45) is 1.37. The van der Waals surface area contributed by atoms with E-state index in [1.54, 1.807) is 24.3 Å². The zero-order chi connectivity index (χ0) is 20.4.